The number of hydrogen-bond acceptors (Lipinski definition) is 3. The lowest BCUT2D eigenvalue weighted by Gasteiger charge is -2.55. The summed E-state index contributed by atoms with van der Waals surface area (Å²) in [5.41, 5.74) is 0.400. The Morgan fingerprint density at radius 2 is 2.26 bits per heavy atom. The van der Waals surface area contributed by atoms with Gasteiger partial charge in [0.1, 0.15) is 5.76 Å². The molecule has 19 heavy (non-hydrogen) atoms. The molecule has 0 aromatic carbocycles. The zero-order valence-corrected chi connectivity index (χ0v) is 12.0. The van der Waals surface area contributed by atoms with Gasteiger partial charge in [-0.3, -0.25) is 0 Å². The molecule has 3 heteroatoms. The van der Waals surface area contributed by atoms with Crippen LogP contribution < -0.4 is 5.32 Å². The van der Waals surface area contributed by atoms with Crippen molar-refractivity contribution in [1.82, 2.24) is 5.32 Å². The molecule has 2 saturated carbocycles. The number of rotatable bonds is 5. The fraction of sp³-hybridized carbons (Fsp3) is 0.750. The van der Waals surface area contributed by atoms with Crippen LogP contribution in [0.5, 0.6) is 0 Å². The highest BCUT2D eigenvalue weighted by Crippen LogP contribution is 2.55. The molecule has 0 bridgehead atoms. The molecule has 3 rings (SSSR count). The minimum absolute atomic E-state index is 0.292. The Morgan fingerprint density at radius 1 is 1.47 bits per heavy atom. The maximum atomic E-state index is 5.95. The van der Waals surface area contributed by atoms with Crippen LogP contribution in [0.15, 0.2) is 22.8 Å². The van der Waals surface area contributed by atoms with Gasteiger partial charge in [-0.1, -0.05) is 12.8 Å². The first-order valence-corrected chi connectivity index (χ1v) is 7.67. The topological polar surface area (TPSA) is 34.4 Å². The molecule has 106 valence electrons. The first kappa shape index (κ1) is 13.2. The lowest BCUT2D eigenvalue weighted by atomic mass is 9.60. The van der Waals surface area contributed by atoms with E-state index in [1.165, 1.54) is 25.7 Å². The molecule has 2 unspecified atom stereocenters. The molecule has 2 aliphatic rings. The summed E-state index contributed by atoms with van der Waals surface area (Å²) in [5, 5.41) is 3.77. The van der Waals surface area contributed by atoms with Crippen LogP contribution >= 0.6 is 0 Å². The smallest absolute Gasteiger partial charge is 0.120 e. The van der Waals surface area contributed by atoms with E-state index in [0.717, 1.165) is 18.8 Å². The van der Waals surface area contributed by atoms with Gasteiger partial charge in [0, 0.05) is 18.1 Å². The van der Waals surface area contributed by atoms with Crippen molar-refractivity contribution in [1.29, 1.82) is 0 Å². The molecule has 2 fully saturated rings. The Balaban J connectivity index is 1.65. The van der Waals surface area contributed by atoms with Crippen molar-refractivity contribution in [3.05, 3.63) is 24.2 Å². The second-order valence-electron chi connectivity index (χ2n) is 6.08. The SMILES string of the molecule is CCOC1CC(N[C@H](C)c2ccco2)C12CCCC2. The van der Waals surface area contributed by atoms with Crippen LogP contribution in [-0.4, -0.2) is 18.8 Å². The van der Waals surface area contributed by atoms with Gasteiger partial charge in [-0.2, -0.15) is 0 Å². The maximum absolute atomic E-state index is 5.95. The highest BCUT2D eigenvalue weighted by Gasteiger charge is 2.56. The van der Waals surface area contributed by atoms with Crippen LogP contribution in [0.25, 0.3) is 0 Å². The van der Waals surface area contributed by atoms with E-state index in [9.17, 15) is 0 Å². The first-order chi connectivity index (χ1) is 9.26. The molecule has 1 aromatic heterocycles. The van der Waals surface area contributed by atoms with E-state index in [-0.39, 0.29) is 0 Å². The van der Waals surface area contributed by atoms with Crippen molar-refractivity contribution in [2.45, 2.75) is 64.1 Å². The summed E-state index contributed by atoms with van der Waals surface area (Å²) in [4.78, 5) is 0. The Labute approximate surface area is 115 Å². The van der Waals surface area contributed by atoms with E-state index in [1.54, 1.807) is 6.26 Å². The predicted octanol–water partition coefficient (Wildman–Crippen LogP) is 3.67. The normalized spacial score (nSPS) is 30.4. The number of hydrogen-bond donors (Lipinski definition) is 1. The average molecular weight is 263 g/mol. The summed E-state index contributed by atoms with van der Waals surface area (Å²) in [6.45, 7) is 5.14. The van der Waals surface area contributed by atoms with Gasteiger partial charge in [0.2, 0.25) is 0 Å². The molecule has 1 heterocycles. The Bertz CT molecular complexity index is 395. The molecule has 3 atom stereocenters. The van der Waals surface area contributed by atoms with Crippen LogP contribution in [0.4, 0.5) is 0 Å². The van der Waals surface area contributed by atoms with Gasteiger partial charge in [0.25, 0.3) is 0 Å². The van der Waals surface area contributed by atoms with E-state index in [2.05, 4.69) is 25.2 Å². The molecule has 1 aromatic rings. The quantitative estimate of drug-likeness (QED) is 0.880. The second kappa shape index (κ2) is 5.29. The number of nitrogens with one attached hydrogen (secondary N) is 1. The van der Waals surface area contributed by atoms with Gasteiger partial charge in [-0.05, 0) is 45.2 Å². The fourth-order valence-corrected chi connectivity index (χ4v) is 4.04. The van der Waals surface area contributed by atoms with Gasteiger partial charge >= 0.3 is 0 Å². The number of furan rings is 1. The molecule has 0 amide bonds. The van der Waals surface area contributed by atoms with Gasteiger partial charge in [0.05, 0.1) is 18.4 Å². The van der Waals surface area contributed by atoms with Crippen LogP contribution in [-0.2, 0) is 4.74 Å². The van der Waals surface area contributed by atoms with Crippen LogP contribution in [0.3, 0.4) is 0 Å². The third kappa shape index (κ3) is 2.23. The molecule has 0 saturated heterocycles. The molecule has 1 N–H and O–H groups in total. The lowest BCUT2D eigenvalue weighted by Crippen LogP contribution is -2.62. The van der Waals surface area contributed by atoms with Crippen LogP contribution in [0.2, 0.25) is 0 Å². The minimum Gasteiger partial charge on any atom is -0.468 e. The first-order valence-electron chi connectivity index (χ1n) is 7.67. The van der Waals surface area contributed by atoms with Gasteiger partial charge in [0.15, 0.2) is 0 Å². The predicted molar refractivity (Wildman–Crippen MR) is 75.0 cm³/mol. The molecular formula is C16H25NO2. The minimum atomic E-state index is 0.292. The van der Waals surface area contributed by atoms with Gasteiger partial charge in [-0.15, -0.1) is 0 Å². The largest absolute Gasteiger partial charge is 0.468 e. The number of ether oxygens (including phenoxy) is 1. The van der Waals surface area contributed by atoms with E-state index in [1.807, 2.05) is 6.07 Å². The molecular weight excluding hydrogens is 238 g/mol. The molecule has 2 aliphatic carbocycles. The van der Waals surface area contributed by atoms with Crippen molar-refractivity contribution < 1.29 is 9.15 Å². The average Bonchev–Trinajstić information content (AvgIpc) is 3.09. The van der Waals surface area contributed by atoms with E-state index in [0.29, 0.717) is 23.6 Å². The van der Waals surface area contributed by atoms with Crippen LogP contribution in [0.1, 0.15) is 57.8 Å². The van der Waals surface area contributed by atoms with Crippen molar-refractivity contribution >= 4 is 0 Å². The van der Waals surface area contributed by atoms with Crippen molar-refractivity contribution in [3.8, 4) is 0 Å². The summed E-state index contributed by atoms with van der Waals surface area (Å²) in [6, 6.07) is 4.90. The summed E-state index contributed by atoms with van der Waals surface area (Å²) < 4.78 is 11.5. The fourth-order valence-electron chi connectivity index (χ4n) is 4.04. The third-order valence-electron chi connectivity index (χ3n) is 5.11. The molecule has 0 radical (unpaired) electrons. The summed E-state index contributed by atoms with van der Waals surface area (Å²) in [6.07, 6.45) is 8.73. The van der Waals surface area contributed by atoms with Gasteiger partial charge in [-0.25, -0.2) is 0 Å². The summed E-state index contributed by atoms with van der Waals surface area (Å²) >= 11 is 0. The van der Waals surface area contributed by atoms with Crippen molar-refractivity contribution in [2.24, 2.45) is 5.41 Å². The van der Waals surface area contributed by atoms with E-state index >= 15 is 0 Å². The second-order valence-corrected chi connectivity index (χ2v) is 6.08. The third-order valence-corrected chi connectivity index (χ3v) is 5.11. The highest BCUT2D eigenvalue weighted by molar-refractivity contribution is 5.12. The monoisotopic (exact) mass is 263 g/mol. The Morgan fingerprint density at radius 3 is 2.89 bits per heavy atom. The van der Waals surface area contributed by atoms with Crippen LogP contribution in [0, 0.1) is 5.41 Å². The zero-order chi connectivity index (χ0) is 13.3. The van der Waals surface area contributed by atoms with E-state index < -0.39 is 0 Å². The molecule has 0 aliphatic heterocycles. The molecule has 3 nitrogen and oxygen atoms in total. The van der Waals surface area contributed by atoms with Gasteiger partial charge < -0.3 is 14.5 Å². The summed E-state index contributed by atoms with van der Waals surface area (Å²) in [7, 11) is 0. The Kier molecular flexibility index (Phi) is 3.68. The van der Waals surface area contributed by atoms with Crippen molar-refractivity contribution in [3.63, 3.8) is 0 Å². The summed E-state index contributed by atoms with van der Waals surface area (Å²) in [5.74, 6) is 1.04. The maximum Gasteiger partial charge on any atom is 0.120 e. The highest BCUT2D eigenvalue weighted by atomic mass is 16.5. The standard InChI is InChI=1S/C16H25NO2/c1-3-18-15-11-14(16(15)8-4-5-9-16)17-12(2)13-7-6-10-19-13/h6-7,10,12,14-15,17H,3-5,8-9,11H2,1-2H3/t12-,14?,15?/m1/s1. The lowest BCUT2D eigenvalue weighted by molar-refractivity contribution is -0.132. The Hall–Kier alpha value is -0.800. The zero-order valence-electron chi connectivity index (χ0n) is 12.0. The molecule has 1 spiro atoms. The van der Waals surface area contributed by atoms with Crippen molar-refractivity contribution in [2.75, 3.05) is 6.61 Å². The van der Waals surface area contributed by atoms with E-state index in [4.69, 9.17) is 9.15 Å².